The van der Waals surface area contributed by atoms with E-state index in [1.54, 1.807) is 42.7 Å². The number of aromatic nitrogens is 2. The second-order valence-corrected chi connectivity index (χ2v) is 7.12. The molecule has 2 heterocycles. The number of thiophene rings is 1. The summed E-state index contributed by atoms with van der Waals surface area (Å²) in [4.78, 5) is 29.2. The van der Waals surface area contributed by atoms with Gasteiger partial charge in [-0.1, -0.05) is 11.2 Å². The second-order valence-electron chi connectivity index (χ2n) is 6.18. The number of benzene rings is 1. The van der Waals surface area contributed by atoms with Crippen molar-refractivity contribution in [3.05, 3.63) is 53.2 Å². The van der Waals surface area contributed by atoms with Crippen LogP contribution in [-0.4, -0.2) is 42.2 Å². The smallest absolute Gasteiger partial charge is 0.251 e. The summed E-state index contributed by atoms with van der Waals surface area (Å²) in [5.41, 5.74) is 0.540. The molecule has 0 aliphatic rings. The van der Waals surface area contributed by atoms with Gasteiger partial charge in [-0.15, -0.1) is 11.3 Å². The number of hydrogen-bond donors (Lipinski definition) is 2. The number of methoxy groups -OCH3 is 1. The summed E-state index contributed by atoms with van der Waals surface area (Å²) in [6.45, 7) is 0.717. The number of carbonyl (C=O) groups excluding carboxylic acids is 2. The van der Waals surface area contributed by atoms with E-state index in [2.05, 4.69) is 20.8 Å². The maximum Gasteiger partial charge on any atom is 0.251 e. The summed E-state index contributed by atoms with van der Waals surface area (Å²) in [5, 5.41) is 11.4. The van der Waals surface area contributed by atoms with Crippen molar-refractivity contribution in [2.75, 3.05) is 20.2 Å². The van der Waals surface area contributed by atoms with E-state index in [0.29, 0.717) is 55.4 Å². The highest BCUT2D eigenvalue weighted by Gasteiger charge is 2.10. The summed E-state index contributed by atoms with van der Waals surface area (Å²) < 4.78 is 10.3. The van der Waals surface area contributed by atoms with E-state index in [-0.39, 0.29) is 11.8 Å². The molecule has 152 valence electrons. The summed E-state index contributed by atoms with van der Waals surface area (Å²) in [6, 6.07) is 10.7. The minimum Gasteiger partial charge on any atom is -0.497 e. The zero-order chi connectivity index (χ0) is 20.5. The minimum absolute atomic E-state index is 0.0818. The van der Waals surface area contributed by atoms with Crippen LogP contribution in [-0.2, 0) is 11.2 Å². The van der Waals surface area contributed by atoms with Crippen molar-refractivity contribution in [2.24, 2.45) is 0 Å². The molecule has 0 aliphatic heterocycles. The molecular weight excluding hydrogens is 392 g/mol. The molecule has 2 N–H and O–H groups in total. The van der Waals surface area contributed by atoms with Crippen molar-refractivity contribution in [2.45, 2.75) is 19.3 Å². The van der Waals surface area contributed by atoms with Gasteiger partial charge in [-0.2, -0.15) is 4.98 Å². The van der Waals surface area contributed by atoms with E-state index in [1.807, 2.05) is 17.5 Å². The Morgan fingerprint density at radius 3 is 2.66 bits per heavy atom. The Morgan fingerprint density at radius 1 is 1.14 bits per heavy atom. The maximum atomic E-state index is 12.0. The zero-order valence-electron chi connectivity index (χ0n) is 16.0. The molecule has 0 saturated heterocycles. The van der Waals surface area contributed by atoms with E-state index in [1.165, 1.54) is 0 Å². The number of amides is 2. The molecular formula is C20H22N4O4S. The van der Waals surface area contributed by atoms with Gasteiger partial charge >= 0.3 is 0 Å². The highest BCUT2D eigenvalue weighted by Crippen LogP contribution is 2.21. The van der Waals surface area contributed by atoms with E-state index in [4.69, 9.17) is 9.26 Å². The van der Waals surface area contributed by atoms with E-state index < -0.39 is 0 Å². The molecule has 0 aliphatic carbocycles. The van der Waals surface area contributed by atoms with Gasteiger partial charge in [-0.3, -0.25) is 9.59 Å². The first-order chi connectivity index (χ1) is 14.2. The molecule has 29 heavy (non-hydrogen) atoms. The van der Waals surface area contributed by atoms with Crippen molar-refractivity contribution < 1.29 is 18.8 Å². The third-order valence-electron chi connectivity index (χ3n) is 4.09. The van der Waals surface area contributed by atoms with Crippen LogP contribution < -0.4 is 15.4 Å². The molecule has 2 amide bonds. The molecule has 2 aromatic heterocycles. The number of rotatable bonds is 10. The average molecular weight is 414 g/mol. The largest absolute Gasteiger partial charge is 0.497 e. The topological polar surface area (TPSA) is 106 Å². The highest BCUT2D eigenvalue weighted by molar-refractivity contribution is 7.13. The standard InChI is InChI=1S/C20H22N4O4S/c1-27-15-9-7-14(8-10-15)20(26)22-12-11-21-17(25)5-2-6-18-23-19(24-28-18)16-4-3-13-29-16/h3-4,7-10,13H,2,5-6,11-12H2,1H3,(H,21,25)(H,22,26). The number of hydrogen-bond acceptors (Lipinski definition) is 7. The fraction of sp³-hybridized carbons (Fsp3) is 0.300. The molecule has 1 aromatic carbocycles. The quantitative estimate of drug-likeness (QED) is 0.494. The lowest BCUT2D eigenvalue weighted by Crippen LogP contribution is -2.34. The Morgan fingerprint density at radius 2 is 1.93 bits per heavy atom. The summed E-state index contributed by atoms with van der Waals surface area (Å²) >= 11 is 1.55. The van der Waals surface area contributed by atoms with Crippen LogP contribution in [0, 0.1) is 0 Å². The molecule has 3 aromatic rings. The first kappa shape index (κ1) is 20.5. The second kappa shape index (κ2) is 10.4. The lowest BCUT2D eigenvalue weighted by Gasteiger charge is -2.07. The Hall–Kier alpha value is -3.20. The first-order valence-electron chi connectivity index (χ1n) is 9.21. The Kier molecular flexibility index (Phi) is 7.34. The highest BCUT2D eigenvalue weighted by atomic mass is 32.1. The molecule has 3 rings (SSSR count). The average Bonchev–Trinajstić information content (AvgIpc) is 3.43. The van der Waals surface area contributed by atoms with Gasteiger partial charge in [0, 0.05) is 31.5 Å². The monoisotopic (exact) mass is 414 g/mol. The molecule has 0 radical (unpaired) electrons. The van der Waals surface area contributed by atoms with Crippen LogP contribution in [0.15, 0.2) is 46.3 Å². The van der Waals surface area contributed by atoms with Gasteiger partial charge in [-0.05, 0) is 42.1 Å². The number of ether oxygens (including phenoxy) is 1. The maximum absolute atomic E-state index is 12.0. The first-order valence-corrected chi connectivity index (χ1v) is 10.1. The van der Waals surface area contributed by atoms with E-state index in [0.717, 1.165) is 4.88 Å². The number of aryl methyl sites for hydroxylation is 1. The van der Waals surface area contributed by atoms with Crippen LogP contribution in [0.2, 0.25) is 0 Å². The van der Waals surface area contributed by atoms with Crippen LogP contribution in [0.5, 0.6) is 5.75 Å². The predicted molar refractivity (Wildman–Crippen MR) is 109 cm³/mol. The molecule has 0 bridgehead atoms. The van der Waals surface area contributed by atoms with Gasteiger partial charge in [-0.25, -0.2) is 0 Å². The fourth-order valence-corrected chi connectivity index (χ4v) is 3.22. The van der Waals surface area contributed by atoms with E-state index >= 15 is 0 Å². The Bertz CT molecular complexity index is 922. The third kappa shape index (κ3) is 6.15. The van der Waals surface area contributed by atoms with Crippen molar-refractivity contribution in [1.29, 1.82) is 0 Å². The van der Waals surface area contributed by atoms with Gasteiger partial charge in [0.15, 0.2) is 0 Å². The van der Waals surface area contributed by atoms with E-state index in [9.17, 15) is 9.59 Å². The van der Waals surface area contributed by atoms with Gasteiger partial charge in [0.25, 0.3) is 5.91 Å². The van der Waals surface area contributed by atoms with Crippen LogP contribution in [0.4, 0.5) is 0 Å². The summed E-state index contributed by atoms with van der Waals surface area (Å²) in [7, 11) is 1.57. The predicted octanol–water partition coefficient (Wildman–Crippen LogP) is 2.68. The number of nitrogens with zero attached hydrogens (tertiary/aromatic N) is 2. The van der Waals surface area contributed by atoms with Crippen LogP contribution >= 0.6 is 11.3 Å². The Labute approximate surface area is 172 Å². The normalized spacial score (nSPS) is 10.5. The van der Waals surface area contributed by atoms with Crippen molar-refractivity contribution >= 4 is 23.2 Å². The molecule has 0 unspecified atom stereocenters. The summed E-state index contributed by atoms with van der Waals surface area (Å²) in [6.07, 6.45) is 1.50. The Balaban J connectivity index is 1.29. The van der Waals surface area contributed by atoms with Gasteiger partial charge in [0.2, 0.25) is 17.6 Å². The lowest BCUT2D eigenvalue weighted by atomic mass is 10.2. The minimum atomic E-state index is -0.195. The number of carbonyl (C=O) groups is 2. The van der Waals surface area contributed by atoms with Gasteiger partial charge < -0.3 is 19.9 Å². The van der Waals surface area contributed by atoms with Crippen molar-refractivity contribution in [1.82, 2.24) is 20.8 Å². The lowest BCUT2D eigenvalue weighted by molar-refractivity contribution is -0.121. The van der Waals surface area contributed by atoms with Crippen LogP contribution in [0.25, 0.3) is 10.7 Å². The SMILES string of the molecule is COc1ccc(C(=O)NCCNC(=O)CCCc2nc(-c3cccs3)no2)cc1. The molecule has 0 saturated carbocycles. The molecule has 0 fully saturated rings. The zero-order valence-corrected chi connectivity index (χ0v) is 16.8. The van der Waals surface area contributed by atoms with Gasteiger partial charge in [0.05, 0.1) is 12.0 Å². The van der Waals surface area contributed by atoms with Crippen molar-refractivity contribution in [3.63, 3.8) is 0 Å². The molecule has 8 nitrogen and oxygen atoms in total. The van der Waals surface area contributed by atoms with Gasteiger partial charge in [0.1, 0.15) is 5.75 Å². The number of nitrogens with one attached hydrogen (secondary N) is 2. The van der Waals surface area contributed by atoms with Crippen LogP contribution in [0.3, 0.4) is 0 Å². The molecule has 0 atom stereocenters. The van der Waals surface area contributed by atoms with Crippen LogP contribution in [0.1, 0.15) is 29.1 Å². The van der Waals surface area contributed by atoms with Crippen molar-refractivity contribution in [3.8, 4) is 16.5 Å². The fourth-order valence-electron chi connectivity index (χ4n) is 2.57. The summed E-state index contributed by atoms with van der Waals surface area (Å²) in [5.74, 6) is 1.51. The molecule has 0 spiro atoms. The molecule has 9 heteroatoms. The third-order valence-corrected chi connectivity index (χ3v) is 4.95.